The van der Waals surface area contributed by atoms with Crippen molar-refractivity contribution in [1.29, 1.82) is 0 Å². The first-order valence-electron chi connectivity index (χ1n) is 5.43. The van der Waals surface area contributed by atoms with Crippen LogP contribution in [0.2, 0.25) is 0 Å². The van der Waals surface area contributed by atoms with Crippen LogP contribution >= 0.6 is 0 Å². The van der Waals surface area contributed by atoms with E-state index in [1.165, 1.54) is 12.1 Å². The molecule has 0 saturated heterocycles. The van der Waals surface area contributed by atoms with E-state index >= 15 is 0 Å². The van der Waals surface area contributed by atoms with Gasteiger partial charge in [0.2, 0.25) is 0 Å². The molecule has 0 heterocycles. The maximum absolute atomic E-state index is 12.6. The van der Waals surface area contributed by atoms with Crippen molar-refractivity contribution >= 4 is 0 Å². The minimum atomic E-state index is -2.66. The van der Waals surface area contributed by atoms with E-state index in [2.05, 4.69) is 0 Å². The maximum atomic E-state index is 12.6. The van der Waals surface area contributed by atoms with Gasteiger partial charge in [0.15, 0.2) is 0 Å². The molecule has 1 saturated carbocycles. The van der Waals surface area contributed by atoms with Crippen molar-refractivity contribution in [1.82, 2.24) is 0 Å². The summed E-state index contributed by atoms with van der Waals surface area (Å²) in [5, 5.41) is 9.31. The molecule has 1 aromatic rings. The molecule has 0 aliphatic heterocycles. The number of aromatic hydroxyl groups is 1. The lowest BCUT2D eigenvalue weighted by Crippen LogP contribution is -2.33. The molecule has 16 heavy (non-hydrogen) atoms. The SMILES string of the molecule is NC1(c2ccc(O)c(C(F)F)c2)CCCC1. The average molecular weight is 227 g/mol. The Balaban J connectivity index is 2.39. The predicted octanol–water partition coefficient (Wildman–Crippen LogP) is 3.06. The van der Waals surface area contributed by atoms with Crippen molar-refractivity contribution < 1.29 is 13.9 Å². The van der Waals surface area contributed by atoms with E-state index in [1.807, 2.05) is 0 Å². The molecule has 88 valence electrons. The van der Waals surface area contributed by atoms with Crippen LogP contribution in [0.1, 0.15) is 43.2 Å². The largest absolute Gasteiger partial charge is 0.507 e. The van der Waals surface area contributed by atoms with E-state index < -0.39 is 12.0 Å². The first kappa shape index (κ1) is 11.3. The highest BCUT2D eigenvalue weighted by Crippen LogP contribution is 2.39. The van der Waals surface area contributed by atoms with E-state index in [4.69, 9.17) is 5.73 Å². The maximum Gasteiger partial charge on any atom is 0.267 e. The fraction of sp³-hybridized carbons (Fsp3) is 0.500. The first-order valence-corrected chi connectivity index (χ1v) is 5.43. The van der Waals surface area contributed by atoms with Crippen LogP contribution in [0.25, 0.3) is 0 Å². The van der Waals surface area contributed by atoms with Gasteiger partial charge < -0.3 is 10.8 Å². The summed E-state index contributed by atoms with van der Waals surface area (Å²) < 4.78 is 25.2. The lowest BCUT2D eigenvalue weighted by Gasteiger charge is -2.25. The fourth-order valence-electron chi connectivity index (χ4n) is 2.33. The highest BCUT2D eigenvalue weighted by atomic mass is 19.3. The molecule has 0 amide bonds. The molecular formula is C12H15F2NO. The van der Waals surface area contributed by atoms with Gasteiger partial charge in [0.05, 0.1) is 5.56 Å². The van der Waals surface area contributed by atoms with Gasteiger partial charge in [-0.3, -0.25) is 0 Å². The molecule has 1 aliphatic rings. The van der Waals surface area contributed by atoms with Gasteiger partial charge in [-0.2, -0.15) is 0 Å². The smallest absolute Gasteiger partial charge is 0.267 e. The van der Waals surface area contributed by atoms with Crippen molar-refractivity contribution in [3.63, 3.8) is 0 Å². The van der Waals surface area contributed by atoms with Crippen LogP contribution < -0.4 is 5.73 Å². The summed E-state index contributed by atoms with van der Waals surface area (Å²) in [5.41, 5.74) is 6.07. The Bertz CT molecular complexity index is 387. The molecular weight excluding hydrogens is 212 g/mol. The molecule has 3 N–H and O–H groups in total. The molecule has 1 fully saturated rings. The van der Waals surface area contributed by atoms with E-state index in [9.17, 15) is 13.9 Å². The van der Waals surface area contributed by atoms with Gasteiger partial charge in [-0.1, -0.05) is 18.9 Å². The summed E-state index contributed by atoms with van der Waals surface area (Å²) in [6.45, 7) is 0. The molecule has 0 radical (unpaired) electrons. The van der Waals surface area contributed by atoms with Gasteiger partial charge in [0, 0.05) is 5.54 Å². The minimum Gasteiger partial charge on any atom is -0.507 e. The van der Waals surface area contributed by atoms with E-state index in [-0.39, 0.29) is 11.3 Å². The van der Waals surface area contributed by atoms with Crippen molar-refractivity contribution in [2.45, 2.75) is 37.6 Å². The molecule has 0 unspecified atom stereocenters. The number of halogens is 2. The van der Waals surface area contributed by atoms with Crippen molar-refractivity contribution in [2.24, 2.45) is 5.73 Å². The summed E-state index contributed by atoms with van der Waals surface area (Å²) >= 11 is 0. The Labute approximate surface area is 93.1 Å². The Morgan fingerprint density at radius 2 is 1.88 bits per heavy atom. The summed E-state index contributed by atoms with van der Waals surface area (Å²) in [6.07, 6.45) is 1.04. The number of hydrogen-bond donors (Lipinski definition) is 2. The monoisotopic (exact) mass is 227 g/mol. The van der Waals surface area contributed by atoms with Crippen LogP contribution in [-0.4, -0.2) is 5.11 Å². The zero-order chi connectivity index (χ0) is 11.8. The van der Waals surface area contributed by atoms with Gasteiger partial charge in [-0.15, -0.1) is 0 Å². The van der Waals surface area contributed by atoms with Crippen molar-refractivity contribution in [3.05, 3.63) is 29.3 Å². The van der Waals surface area contributed by atoms with Crippen LogP contribution in [0.5, 0.6) is 5.75 Å². The average Bonchev–Trinajstić information content (AvgIpc) is 2.66. The van der Waals surface area contributed by atoms with Crippen molar-refractivity contribution in [2.75, 3.05) is 0 Å². The van der Waals surface area contributed by atoms with Gasteiger partial charge in [-0.05, 0) is 30.5 Å². The number of alkyl halides is 2. The minimum absolute atomic E-state index is 0.325. The van der Waals surface area contributed by atoms with Crippen molar-refractivity contribution in [3.8, 4) is 5.75 Å². The second-order valence-corrected chi connectivity index (χ2v) is 4.44. The van der Waals surface area contributed by atoms with Gasteiger partial charge in [-0.25, -0.2) is 8.78 Å². The number of rotatable bonds is 2. The highest BCUT2D eigenvalue weighted by molar-refractivity contribution is 5.40. The number of hydrogen-bond acceptors (Lipinski definition) is 2. The molecule has 2 rings (SSSR count). The topological polar surface area (TPSA) is 46.2 Å². The third kappa shape index (κ3) is 1.89. The third-order valence-corrected chi connectivity index (χ3v) is 3.33. The molecule has 1 aromatic carbocycles. The quantitative estimate of drug-likeness (QED) is 0.815. The second-order valence-electron chi connectivity index (χ2n) is 4.44. The predicted molar refractivity (Wildman–Crippen MR) is 57.4 cm³/mol. The third-order valence-electron chi connectivity index (χ3n) is 3.33. The van der Waals surface area contributed by atoms with Crippen LogP contribution in [0.4, 0.5) is 8.78 Å². The summed E-state index contributed by atoms with van der Waals surface area (Å²) in [4.78, 5) is 0. The second kappa shape index (κ2) is 4.01. The van der Waals surface area contributed by atoms with E-state index in [0.717, 1.165) is 25.7 Å². The number of benzene rings is 1. The van der Waals surface area contributed by atoms with Gasteiger partial charge >= 0.3 is 0 Å². The zero-order valence-electron chi connectivity index (χ0n) is 8.92. The Hall–Kier alpha value is -1.16. The Morgan fingerprint density at radius 1 is 1.25 bits per heavy atom. The number of phenolic OH excluding ortho intramolecular Hbond substituents is 1. The molecule has 0 atom stereocenters. The molecule has 2 nitrogen and oxygen atoms in total. The lowest BCUT2D eigenvalue weighted by molar-refractivity contribution is 0.147. The zero-order valence-corrected chi connectivity index (χ0v) is 8.92. The number of nitrogens with two attached hydrogens (primary N) is 1. The lowest BCUT2D eigenvalue weighted by atomic mass is 9.88. The summed E-state index contributed by atoms with van der Waals surface area (Å²) in [7, 11) is 0. The normalized spacial score (nSPS) is 19.2. The molecule has 0 aromatic heterocycles. The highest BCUT2D eigenvalue weighted by Gasteiger charge is 2.32. The first-order chi connectivity index (χ1) is 7.53. The van der Waals surface area contributed by atoms with Crippen LogP contribution in [0.3, 0.4) is 0 Å². The summed E-state index contributed by atoms with van der Waals surface area (Å²) in [5.74, 6) is -0.361. The Morgan fingerprint density at radius 3 is 2.44 bits per heavy atom. The number of phenols is 1. The van der Waals surface area contributed by atoms with Crippen LogP contribution in [0, 0.1) is 0 Å². The van der Waals surface area contributed by atoms with Gasteiger partial charge in [0.1, 0.15) is 5.75 Å². The molecule has 0 spiro atoms. The summed E-state index contributed by atoms with van der Waals surface area (Å²) in [6, 6.07) is 4.29. The molecule has 1 aliphatic carbocycles. The standard InChI is InChI=1S/C12H15F2NO/c13-11(14)9-7-8(3-4-10(9)16)12(15)5-1-2-6-12/h3-4,7,11,16H,1-2,5-6,15H2. The molecule has 0 bridgehead atoms. The van der Waals surface area contributed by atoms with E-state index in [1.54, 1.807) is 6.07 Å². The molecule has 4 heteroatoms. The van der Waals surface area contributed by atoms with E-state index in [0.29, 0.717) is 5.56 Å². The van der Waals surface area contributed by atoms with Crippen LogP contribution in [0.15, 0.2) is 18.2 Å². The van der Waals surface area contributed by atoms with Crippen LogP contribution in [-0.2, 0) is 5.54 Å². The van der Waals surface area contributed by atoms with Gasteiger partial charge in [0.25, 0.3) is 6.43 Å². The fourth-order valence-corrected chi connectivity index (χ4v) is 2.33. The Kier molecular flexibility index (Phi) is 2.84.